The van der Waals surface area contributed by atoms with E-state index in [1.165, 1.54) is 0 Å². The van der Waals surface area contributed by atoms with Crippen LogP contribution >= 0.6 is 0 Å². The molecule has 0 aromatic carbocycles. The topological polar surface area (TPSA) is 35.2 Å². The van der Waals surface area contributed by atoms with Crippen molar-refractivity contribution in [1.29, 1.82) is 0 Å². The van der Waals surface area contributed by atoms with Crippen molar-refractivity contribution in [3.8, 4) is 0 Å². The maximum absolute atomic E-state index is 5.29. The first-order valence-corrected chi connectivity index (χ1v) is 2.67. The number of rotatable bonds is 3. The van der Waals surface area contributed by atoms with Crippen LogP contribution in [0.4, 0.5) is 0 Å². The van der Waals surface area contributed by atoms with Gasteiger partial charge in [-0.3, -0.25) is 6.54 Å². The molecule has 2 N–H and O–H groups in total. The largest absolute Gasteiger partial charge is 1.00 e. The van der Waals surface area contributed by atoms with E-state index in [0.29, 0.717) is 6.61 Å². The van der Waals surface area contributed by atoms with Gasteiger partial charge in [-0.15, -0.1) is 5.41 Å². The van der Waals surface area contributed by atoms with Gasteiger partial charge in [0, 0.05) is 13.7 Å². The molecule has 0 amide bonds. The molecule has 0 saturated carbocycles. The van der Waals surface area contributed by atoms with Crippen molar-refractivity contribution in [3.63, 3.8) is 0 Å². The molecule has 0 unspecified atom stereocenters. The van der Waals surface area contributed by atoms with Crippen LogP contribution in [0.5, 0.6) is 0 Å². The second-order valence-corrected chi connectivity index (χ2v) is 2.59. The molecule has 50 valence electrons. The van der Waals surface area contributed by atoms with E-state index in [0.717, 1.165) is 0 Å². The Kier molecular flexibility index (Phi) is 9.19. The number of hydrogen-bond donors (Lipinski definition) is 1. The molecule has 0 aromatic rings. The summed E-state index contributed by atoms with van der Waals surface area (Å²) in [5.74, 6) is 0. The smallest absolute Gasteiger partial charge is 0.483 e. The van der Waals surface area contributed by atoms with E-state index in [-0.39, 0.29) is 56.8 Å². The molecule has 0 aliphatic carbocycles. The summed E-state index contributed by atoms with van der Waals surface area (Å²) in [5, 5.41) is 0. The molecular formula is C6H14KNO. The third kappa shape index (κ3) is 7.45. The monoisotopic (exact) mass is 155 g/mol. The van der Waals surface area contributed by atoms with E-state index < -0.39 is 0 Å². The van der Waals surface area contributed by atoms with E-state index in [1.54, 1.807) is 13.7 Å². The molecule has 0 saturated heterocycles. The Morgan fingerprint density at radius 2 is 2.00 bits per heavy atom. The minimum atomic E-state index is 0. The number of ether oxygens (including phenoxy) is 1. The fourth-order valence-corrected chi connectivity index (χ4v) is 0.420. The Balaban J connectivity index is 0. The van der Waals surface area contributed by atoms with Crippen molar-refractivity contribution in [2.24, 2.45) is 11.1 Å². The zero-order valence-corrected chi connectivity index (χ0v) is 9.89. The summed E-state index contributed by atoms with van der Waals surface area (Å²) in [7, 11) is 1.67. The molecule has 0 aromatic heterocycles. The van der Waals surface area contributed by atoms with Crippen LogP contribution in [0.1, 0.15) is 13.8 Å². The van der Waals surface area contributed by atoms with Crippen LogP contribution in [-0.4, -0.2) is 13.7 Å². The molecule has 0 fully saturated rings. The van der Waals surface area contributed by atoms with Gasteiger partial charge in [-0.05, 0) is 0 Å². The van der Waals surface area contributed by atoms with Gasteiger partial charge in [0.15, 0.2) is 0 Å². The third-order valence-corrected chi connectivity index (χ3v) is 0.968. The van der Waals surface area contributed by atoms with Crippen LogP contribution in [0.2, 0.25) is 0 Å². The van der Waals surface area contributed by atoms with Gasteiger partial charge in [0.2, 0.25) is 0 Å². The van der Waals surface area contributed by atoms with Crippen molar-refractivity contribution in [2.45, 2.75) is 13.8 Å². The molecule has 3 heteroatoms. The maximum Gasteiger partial charge on any atom is 1.00 e. The minimum absolute atomic E-state index is 0. The van der Waals surface area contributed by atoms with Gasteiger partial charge >= 0.3 is 51.4 Å². The van der Waals surface area contributed by atoms with Gasteiger partial charge in [-0.1, -0.05) is 13.8 Å². The van der Waals surface area contributed by atoms with Crippen LogP contribution in [0.25, 0.3) is 0 Å². The van der Waals surface area contributed by atoms with Gasteiger partial charge in [0.25, 0.3) is 0 Å². The normalized spacial score (nSPS) is 10.7. The molecule has 2 nitrogen and oxygen atoms in total. The summed E-state index contributed by atoms with van der Waals surface area (Å²) in [4.78, 5) is 0. The Morgan fingerprint density at radius 1 is 1.56 bits per heavy atom. The first-order valence-electron chi connectivity index (χ1n) is 2.67. The predicted molar refractivity (Wildman–Crippen MR) is 34.1 cm³/mol. The van der Waals surface area contributed by atoms with Crippen LogP contribution in [-0.2, 0) is 4.74 Å². The summed E-state index contributed by atoms with van der Waals surface area (Å²) in [6.07, 6.45) is 0. The summed E-state index contributed by atoms with van der Waals surface area (Å²) in [5.41, 5.74) is 5.31. The van der Waals surface area contributed by atoms with E-state index in [2.05, 4.69) is 0 Å². The SMILES string of the molecule is COCC(C)(C)[CH-]N.[K+]. The molecule has 0 atom stereocenters. The Labute approximate surface area is 99.9 Å². The molecule has 0 aliphatic heterocycles. The molecule has 0 rings (SSSR count). The fourth-order valence-electron chi connectivity index (χ4n) is 0.420. The first-order chi connectivity index (χ1) is 3.62. The number of nitrogens with two attached hydrogens (primary N) is 1. The molecular weight excluding hydrogens is 141 g/mol. The quantitative estimate of drug-likeness (QED) is 0.370. The zero-order chi connectivity index (χ0) is 6.62. The van der Waals surface area contributed by atoms with Gasteiger partial charge < -0.3 is 10.5 Å². The second-order valence-electron chi connectivity index (χ2n) is 2.59. The van der Waals surface area contributed by atoms with Gasteiger partial charge in [-0.2, -0.15) is 0 Å². The average Bonchev–Trinajstić information content (AvgIpc) is 1.67. The molecule has 0 bridgehead atoms. The van der Waals surface area contributed by atoms with Crippen LogP contribution in [0, 0.1) is 12.0 Å². The van der Waals surface area contributed by atoms with E-state index in [1.807, 2.05) is 13.8 Å². The molecule has 0 radical (unpaired) electrons. The van der Waals surface area contributed by atoms with Crippen LogP contribution in [0.3, 0.4) is 0 Å². The van der Waals surface area contributed by atoms with Gasteiger partial charge in [0.1, 0.15) is 0 Å². The Morgan fingerprint density at radius 3 is 2.11 bits per heavy atom. The van der Waals surface area contributed by atoms with Gasteiger partial charge in [-0.25, -0.2) is 0 Å². The predicted octanol–water partition coefficient (Wildman–Crippen LogP) is -2.22. The molecule has 0 heterocycles. The number of hydrogen-bond acceptors (Lipinski definition) is 2. The fraction of sp³-hybridized carbons (Fsp3) is 0.833. The zero-order valence-electron chi connectivity index (χ0n) is 6.77. The van der Waals surface area contributed by atoms with Crippen molar-refractivity contribution in [2.75, 3.05) is 13.7 Å². The van der Waals surface area contributed by atoms with Crippen LogP contribution < -0.4 is 57.1 Å². The van der Waals surface area contributed by atoms with Crippen molar-refractivity contribution < 1.29 is 56.1 Å². The summed E-state index contributed by atoms with van der Waals surface area (Å²) < 4.78 is 4.89. The first kappa shape index (κ1) is 13.2. The van der Waals surface area contributed by atoms with Crippen molar-refractivity contribution >= 4 is 0 Å². The van der Waals surface area contributed by atoms with E-state index in [9.17, 15) is 0 Å². The number of methoxy groups -OCH3 is 1. The molecule has 0 aliphatic rings. The maximum atomic E-state index is 5.29. The summed E-state index contributed by atoms with van der Waals surface area (Å²) in [6, 6.07) is 0. The third-order valence-electron chi connectivity index (χ3n) is 0.968. The Hall–Kier alpha value is 1.56. The Bertz CT molecular complexity index is 66.1. The van der Waals surface area contributed by atoms with E-state index >= 15 is 0 Å². The molecule has 9 heavy (non-hydrogen) atoms. The standard InChI is InChI=1S/C6H14NO.K/c1-6(2,4-7)5-8-3;/h4H,5,7H2,1-3H3;/q-1;+1. The van der Waals surface area contributed by atoms with Crippen molar-refractivity contribution in [1.82, 2.24) is 0 Å². The summed E-state index contributed by atoms with van der Waals surface area (Å²) >= 11 is 0. The van der Waals surface area contributed by atoms with Crippen molar-refractivity contribution in [3.05, 3.63) is 6.54 Å². The summed E-state index contributed by atoms with van der Waals surface area (Å²) in [6.45, 7) is 6.38. The average molecular weight is 155 g/mol. The minimum Gasteiger partial charge on any atom is -0.483 e. The molecule has 0 spiro atoms. The second kappa shape index (κ2) is 6.28. The van der Waals surface area contributed by atoms with E-state index in [4.69, 9.17) is 10.5 Å². The van der Waals surface area contributed by atoms with Crippen LogP contribution in [0.15, 0.2) is 0 Å². The van der Waals surface area contributed by atoms with Gasteiger partial charge in [0.05, 0.1) is 0 Å².